The monoisotopic (exact) mass is 233 g/mol. The highest BCUT2D eigenvalue weighted by Crippen LogP contribution is 2.18. The highest BCUT2D eigenvalue weighted by atomic mass is 16.7. The predicted molar refractivity (Wildman–Crippen MR) is 62.3 cm³/mol. The Morgan fingerprint density at radius 2 is 2.06 bits per heavy atom. The first kappa shape index (κ1) is 13.0. The van der Waals surface area contributed by atoms with Gasteiger partial charge in [-0.25, -0.2) is 4.79 Å². The molecule has 0 aromatic heterocycles. The van der Waals surface area contributed by atoms with Gasteiger partial charge in [0.25, 0.3) is 0 Å². The van der Waals surface area contributed by atoms with Crippen LogP contribution in [0.1, 0.15) is 18.9 Å². The molecule has 1 unspecified atom stereocenters. The minimum atomic E-state index is -1.15. The van der Waals surface area contributed by atoms with E-state index in [4.69, 9.17) is 10.00 Å². The molecule has 0 amide bonds. The van der Waals surface area contributed by atoms with Gasteiger partial charge in [-0.1, -0.05) is 30.3 Å². The molecule has 17 heavy (non-hydrogen) atoms. The van der Waals surface area contributed by atoms with Crippen molar-refractivity contribution in [2.24, 2.45) is 0 Å². The maximum atomic E-state index is 11.0. The molecule has 0 N–H and O–H groups in total. The maximum absolute atomic E-state index is 11.0. The van der Waals surface area contributed by atoms with Crippen LogP contribution in [0.25, 0.3) is 0 Å². The van der Waals surface area contributed by atoms with Crippen LogP contribution in [0.2, 0.25) is 0 Å². The summed E-state index contributed by atoms with van der Waals surface area (Å²) in [5.41, 5.74) is -0.0504. The van der Waals surface area contributed by atoms with Crippen molar-refractivity contribution < 1.29 is 14.3 Å². The van der Waals surface area contributed by atoms with Gasteiger partial charge in [0, 0.05) is 6.42 Å². The Morgan fingerprint density at radius 3 is 2.59 bits per heavy atom. The first-order valence-electron chi connectivity index (χ1n) is 5.32. The normalized spacial score (nSPS) is 13.2. The van der Waals surface area contributed by atoms with Gasteiger partial charge >= 0.3 is 6.16 Å². The quantitative estimate of drug-likeness (QED) is 0.750. The van der Waals surface area contributed by atoms with E-state index in [0.717, 1.165) is 5.56 Å². The number of methoxy groups -OCH3 is 1. The minimum Gasteiger partial charge on any atom is -0.438 e. The van der Waals surface area contributed by atoms with Crippen LogP contribution >= 0.6 is 0 Å². The Kier molecular flexibility index (Phi) is 4.53. The fraction of sp³-hybridized carbons (Fsp3) is 0.385. The van der Waals surface area contributed by atoms with E-state index in [9.17, 15) is 4.79 Å². The topological polar surface area (TPSA) is 59.3 Å². The number of nitriles is 1. The van der Waals surface area contributed by atoms with Crippen molar-refractivity contribution in [3.63, 3.8) is 0 Å². The van der Waals surface area contributed by atoms with E-state index < -0.39 is 11.8 Å². The lowest BCUT2D eigenvalue weighted by atomic mass is 9.98. The summed E-state index contributed by atoms with van der Waals surface area (Å²) in [6.07, 6.45) is 0.270. The van der Waals surface area contributed by atoms with Crippen LogP contribution in [-0.4, -0.2) is 18.9 Å². The molecule has 0 aliphatic carbocycles. The number of aryl methyl sites for hydroxylation is 1. The summed E-state index contributed by atoms with van der Waals surface area (Å²) in [6, 6.07) is 11.7. The third kappa shape index (κ3) is 4.15. The Balaban J connectivity index is 2.58. The number of carbonyl (C=O) groups excluding carboxylic acids is 1. The molecule has 1 rings (SSSR count). The van der Waals surface area contributed by atoms with Crippen LogP contribution in [0.3, 0.4) is 0 Å². The summed E-state index contributed by atoms with van der Waals surface area (Å²) in [7, 11) is 1.22. The van der Waals surface area contributed by atoms with E-state index in [1.807, 2.05) is 36.4 Å². The minimum absolute atomic E-state index is 0.433. The van der Waals surface area contributed by atoms with Crippen LogP contribution in [-0.2, 0) is 15.9 Å². The average molecular weight is 233 g/mol. The second kappa shape index (κ2) is 5.90. The van der Waals surface area contributed by atoms with Gasteiger partial charge in [-0.15, -0.1) is 0 Å². The lowest BCUT2D eigenvalue weighted by molar-refractivity contribution is 0.00874. The molecule has 0 heterocycles. The molecule has 1 aromatic carbocycles. The van der Waals surface area contributed by atoms with Crippen molar-refractivity contribution >= 4 is 6.16 Å². The summed E-state index contributed by atoms with van der Waals surface area (Å²) in [5.74, 6) is 0. The highest BCUT2D eigenvalue weighted by Gasteiger charge is 2.28. The van der Waals surface area contributed by atoms with E-state index in [1.165, 1.54) is 7.11 Å². The van der Waals surface area contributed by atoms with Crippen molar-refractivity contribution in [3.8, 4) is 6.07 Å². The van der Waals surface area contributed by atoms with E-state index in [-0.39, 0.29) is 0 Å². The summed E-state index contributed by atoms with van der Waals surface area (Å²) < 4.78 is 9.32. The molecular formula is C13H15NO3. The van der Waals surface area contributed by atoms with E-state index in [2.05, 4.69) is 4.74 Å². The van der Waals surface area contributed by atoms with Crippen LogP contribution in [0.4, 0.5) is 4.79 Å². The highest BCUT2D eigenvalue weighted by molar-refractivity contribution is 5.60. The molecule has 0 spiro atoms. The zero-order chi connectivity index (χ0) is 12.7. The van der Waals surface area contributed by atoms with Crippen LogP contribution in [0, 0.1) is 11.3 Å². The van der Waals surface area contributed by atoms with Crippen LogP contribution in [0.5, 0.6) is 0 Å². The van der Waals surface area contributed by atoms with Gasteiger partial charge in [-0.3, -0.25) is 0 Å². The molecule has 90 valence electrons. The van der Waals surface area contributed by atoms with Crippen LogP contribution in [0.15, 0.2) is 30.3 Å². The van der Waals surface area contributed by atoms with Gasteiger partial charge in [0.2, 0.25) is 0 Å². The molecule has 1 atom stereocenters. The first-order chi connectivity index (χ1) is 8.09. The van der Waals surface area contributed by atoms with Gasteiger partial charge < -0.3 is 9.47 Å². The van der Waals surface area contributed by atoms with Gasteiger partial charge in [-0.2, -0.15) is 5.26 Å². The Labute approximate surface area is 101 Å². The Hall–Kier alpha value is -2.02. The molecule has 0 saturated carbocycles. The number of ether oxygens (including phenoxy) is 2. The summed E-state index contributed by atoms with van der Waals surface area (Å²) in [6.45, 7) is 1.58. The molecular weight excluding hydrogens is 218 g/mol. The SMILES string of the molecule is COC(=O)OC(C)(C#N)CCc1ccccc1. The van der Waals surface area contributed by atoms with Crippen molar-refractivity contribution in [1.29, 1.82) is 5.26 Å². The van der Waals surface area contributed by atoms with Crippen LogP contribution < -0.4 is 0 Å². The number of carbonyl (C=O) groups is 1. The molecule has 0 bridgehead atoms. The molecule has 0 saturated heterocycles. The third-order valence-corrected chi connectivity index (χ3v) is 2.45. The van der Waals surface area contributed by atoms with Crippen molar-refractivity contribution in [1.82, 2.24) is 0 Å². The lowest BCUT2D eigenvalue weighted by Gasteiger charge is -2.20. The second-order valence-corrected chi connectivity index (χ2v) is 3.88. The van der Waals surface area contributed by atoms with Gasteiger partial charge in [0.1, 0.15) is 6.07 Å². The first-order valence-corrected chi connectivity index (χ1v) is 5.32. The molecule has 0 radical (unpaired) electrons. The number of benzene rings is 1. The van der Waals surface area contributed by atoms with Crippen molar-refractivity contribution in [2.75, 3.05) is 7.11 Å². The Bertz CT molecular complexity index is 410. The molecule has 4 nitrogen and oxygen atoms in total. The zero-order valence-electron chi connectivity index (χ0n) is 9.97. The fourth-order valence-corrected chi connectivity index (χ4v) is 1.38. The summed E-state index contributed by atoms with van der Waals surface area (Å²) in [4.78, 5) is 11.0. The third-order valence-electron chi connectivity index (χ3n) is 2.45. The van der Waals surface area contributed by atoms with Gasteiger partial charge in [-0.05, 0) is 18.9 Å². The standard InChI is InChI=1S/C13H15NO3/c1-13(10-14,17-12(15)16-2)9-8-11-6-4-3-5-7-11/h3-7H,8-9H2,1-2H3. The average Bonchev–Trinajstić information content (AvgIpc) is 2.37. The largest absolute Gasteiger partial charge is 0.509 e. The van der Waals surface area contributed by atoms with Crippen molar-refractivity contribution in [3.05, 3.63) is 35.9 Å². The predicted octanol–water partition coefficient (Wildman–Crippen LogP) is 2.68. The summed E-state index contributed by atoms with van der Waals surface area (Å²) >= 11 is 0. The zero-order valence-corrected chi connectivity index (χ0v) is 9.97. The van der Waals surface area contributed by atoms with E-state index in [0.29, 0.717) is 12.8 Å². The fourth-order valence-electron chi connectivity index (χ4n) is 1.38. The maximum Gasteiger partial charge on any atom is 0.509 e. The molecule has 0 aliphatic heterocycles. The Morgan fingerprint density at radius 1 is 1.41 bits per heavy atom. The lowest BCUT2D eigenvalue weighted by Crippen LogP contribution is -2.30. The van der Waals surface area contributed by atoms with Gasteiger partial charge in [0.15, 0.2) is 5.60 Å². The number of hydrogen-bond acceptors (Lipinski definition) is 4. The molecule has 4 heteroatoms. The molecule has 1 aromatic rings. The van der Waals surface area contributed by atoms with Gasteiger partial charge in [0.05, 0.1) is 7.11 Å². The number of rotatable bonds is 4. The van der Waals surface area contributed by atoms with E-state index >= 15 is 0 Å². The van der Waals surface area contributed by atoms with Crippen molar-refractivity contribution in [2.45, 2.75) is 25.4 Å². The van der Waals surface area contributed by atoms with E-state index in [1.54, 1.807) is 6.92 Å². The number of hydrogen-bond donors (Lipinski definition) is 0. The summed E-state index contributed by atoms with van der Waals surface area (Å²) in [5, 5.41) is 9.02. The molecule has 0 fully saturated rings. The smallest absolute Gasteiger partial charge is 0.438 e. The second-order valence-electron chi connectivity index (χ2n) is 3.88. The molecule has 0 aliphatic rings. The number of nitrogens with zero attached hydrogens (tertiary/aromatic N) is 1.